The second-order valence-corrected chi connectivity index (χ2v) is 3.42. The average molecular weight is 303 g/mol. The summed E-state index contributed by atoms with van der Waals surface area (Å²) in [6.07, 6.45) is -5.01. The summed E-state index contributed by atoms with van der Waals surface area (Å²) in [5, 5.41) is 4.20. The average Bonchev–Trinajstić information content (AvgIpc) is 2.02. The van der Waals surface area contributed by atoms with Crippen LogP contribution in [-0.4, -0.2) is 32.6 Å². The van der Waals surface area contributed by atoms with E-state index in [1.165, 1.54) is 0 Å². The van der Waals surface area contributed by atoms with Crippen LogP contribution in [0, 0.1) is 0 Å². The minimum atomic E-state index is -5.01. The summed E-state index contributed by atoms with van der Waals surface area (Å²) in [4.78, 5) is 28.8. The molecule has 0 spiro atoms. The van der Waals surface area contributed by atoms with Gasteiger partial charge in [0.1, 0.15) is 0 Å². The van der Waals surface area contributed by atoms with Crippen molar-refractivity contribution >= 4 is 50.5 Å². The fourth-order valence-corrected chi connectivity index (χ4v) is 0.219. The highest BCUT2D eigenvalue weighted by molar-refractivity contribution is 6.97. The lowest BCUT2D eigenvalue weighted by molar-refractivity contribution is -0.240. The first kappa shape index (κ1) is 18.0. The second kappa shape index (κ2) is 6.39. The standard InChI is InChI=1S/C4H4ClF3O2.C2Cl2O2/c1-3(10,2(5)9)4(6,7)8;3-1(5)2(4)6/h10H,1H3;/t3-;/m1./s1. The summed E-state index contributed by atoms with van der Waals surface area (Å²) in [7, 11) is 0. The number of halogens is 6. The van der Waals surface area contributed by atoms with Gasteiger partial charge in [-0.25, -0.2) is 0 Å². The maximum absolute atomic E-state index is 11.5. The SMILES string of the molecule is C[C@@](O)(C(=O)Cl)C(F)(F)F.O=C(Cl)C(=O)Cl. The molecule has 0 aromatic rings. The van der Waals surface area contributed by atoms with Crippen molar-refractivity contribution in [1.82, 2.24) is 0 Å². The van der Waals surface area contributed by atoms with Gasteiger partial charge < -0.3 is 5.11 Å². The molecular formula is C6H4Cl3F3O4. The highest BCUT2D eigenvalue weighted by atomic mass is 35.5. The number of carbonyl (C=O) groups is 3. The molecule has 0 fully saturated rings. The van der Waals surface area contributed by atoms with E-state index in [4.69, 9.17) is 5.11 Å². The number of rotatable bonds is 2. The van der Waals surface area contributed by atoms with Crippen molar-refractivity contribution < 1.29 is 32.7 Å². The topological polar surface area (TPSA) is 71.4 Å². The van der Waals surface area contributed by atoms with Crippen LogP contribution in [0.15, 0.2) is 0 Å². The lowest BCUT2D eigenvalue weighted by Gasteiger charge is -2.20. The normalized spacial score (nSPS) is 14.2. The fraction of sp³-hybridized carbons (Fsp3) is 0.500. The van der Waals surface area contributed by atoms with Crippen molar-refractivity contribution in [2.45, 2.75) is 18.7 Å². The van der Waals surface area contributed by atoms with Crippen molar-refractivity contribution in [2.24, 2.45) is 0 Å². The largest absolute Gasteiger partial charge is 0.425 e. The Bertz CT molecular complexity index is 288. The molecule has 0 aliphatic rings. The Kier molecular flexibility index (Phi) is 7.19. The van der Waals surface area contributed by atoms with Gasteiger partial charge in [0.05, 0.1) is 0 Å². The lowest BCUT2D eigenvalue weighted by atomic mass is 10.1. The predicted octanol–water partition coefficient (Wildman–Crippen LogP) is 1.58. The van der Waals surface area contributed by atoms with E-state index in [-0.39, 0.29) is 0 Å². The number of carbonyl (C=O) groups excluding carboxylic acids is 3. The Morgan fingerprint density at radius 1 is 1.00 bits per heavy atom. The molecule has 0 radical (unpaired) electrons. The molecule has 0 aliphatic heterocycles. The summed E-state index contributed by atoms with van der Waals surface area (Å²) in [6.45, 7) is 0.294. The molecule has 10 heteroatoms. The summed E-state index contributed by atoms with van der Waals surface area (Å²) in [5.74, 6) is 0. The van der Waals surface area contributed by atoms with E-state index in [0.29, 0.717) is 6.92 Å². The van der Waals surface area contributed by atoms with Crippen molar-refractivity contribution in [1.29, 1.82) is 0 Å². The van der Waals surface area contributed by atoms with Crippen molar-refractivity contribution in [3.8, 4) is 0 Å². The van der Waals surface area contributed by atoms with Crippen LogP contribution in [0.3, 0.4) is 0 Å². The van der Waals surface area contributed by atoms with E-state index in [9.17, 15) is 27.6 Å². The van der Waals surface area contributed by atoms with Crippen LogP contribution in [0.5, 0.6) is 0 Å². The van der Waals surface area contributed by atoms with Crippen LogP contribution in [0.1, 0.15) is 6.92 Å². The zero-order chi connectivity index (χ0) is 13.7. The smallest absolute Gasteiger partial charge is 0.373 e. The minimum absolute atomic E-state index is 0.294. The van der Waals surface area contributed by atoms with E-state index in [2.05, 4.69) is 34.8 Å². The summed E-state index contributed by atoms with van der Waals surface area (Å²) in [6, 6.07) is 0. The Morgan fingerprint density at radius 2 is 1.25 bits per heavy atom. The van der Waals surface area contributed by atoms with Gasteiger partial charge in [-0.1, -0.05) is 0 Å². The number of hydrogen-bond donors (Lipinski definition) is 1. The Labute approximate surface area is 102 Å². The van der Waals surface area contributed by atoms with Crippen molar-refractivity contribution in [2.75, 3.05) is 0 Å². The van der Waals surface area contributed by atoms with Gasteiger partial charge in [-0.2, -0.15) is 13.2 Å². The Morgan fingerprint density at radius 3 is 1.25 bits per heavy atom. The predicted molar refractivity (Wildman–Crippen MR) is 49.3 cm³/mol. The van der Waals surface area contributed by atoms with Crippen molar-refractivity contribution in [3.63, 3.8) is 0 Å². The summed E-state index contributed by atoms with van der Waals surface area (Å²) >= 11 is 13.4. The zero-order valence-electron chi connectivity index (χ0n) is 7.44. The molecule has 0 rings (SSSR count). The van der Waals surface area contributed by atoms with E-state index >= 15 is 0 Å². The molecule has 0 aromatic carbocycles. The molecule has 0 aliphatic carbocycles. The molecule has 16 heavy (non-hydrogen) atoms. The second-order valence-electron chi connectivity index (χ2n) is 2.39. The number of alkyl halides is 3. The third-order valence-electron chi connectivity index (χ3n) is 1.09. The lowest BCUT2D eigenvalue weighted by Crippen LogP contribution is -2.47. The maximum Gasteiger partial charge on any atom is 0.425 e. The highest BCUT2D eigenvalue weighted by Crippen LogP contribution is 2.31. The molecule has 0 saturated heterocycles. The molecule has 0 bridgehead atoms. The van der Waals surface area contributed by atoms with Gasteiger partial charge in [-0.05, 0) is 41.7 Å². The molecule has 4 nitrogen and oxygen atoms in total. The highest BCUT2D eigenvalue weighted by Gasteiger charge is 2.54. The van der Waals surface area contributed by atoms with Crippen LogP contribution in [0.2, 0.25) is 0 Å². The van der Waals surface area contributed by atoms with Crippen LogP contribution in [0.4, 0.5) is 13.2 Å². The van der Waals surface area contributed by atoms with E-state index < -0.39 is 27.5 Å². The van der Waals surface area contributed by atoms with Gasteiger partial charge in [0.2, 0.25) is 5.60 Å². The maximum atomic E-state index is 11.5. The van der Waals surface area contributed by atoms with Gasteiger partial charge in [0, 0.05) is 0 Å². The quantitative estimate of drug-likeness (QED) is 0.621. The fourth-order valence-electron chi connectivity index (χ4n) is 0.111. The third kappa shape index (κ3) is 6.26. The van der Waals surface area contributed by atoms with Crippen LogP contribution < -0.4 is 0 Å². The first-order valence-electron chi connectivity index (χ1n) is 3.22. The zero-order valence-corrected chi connectivity index (χ0v) is 9.71. The molecule has 0 unspecified atom stereocenters. The molecule has 1 atom stereocenters. The first-order valence-corrected chi connectivity index (χ1v) is 4.35. The molecule has 94 valence electrons. The third-order valence-corrected chi connectivity index (χ3v) is 1.90. The molecule has 0 heterocycles. The van der Waals surface area contributed by atoms with Gasteiger partial charge in [0.25, 0.3) is 5.24 Å². The number of hydrogen-bond acceptors (Lipinski definition) is 4. The Hall–Kier alpha value is -0.370. The van der Waals surface area contributed by atoms with E-state index in [1.807, 2.05) is 0 Å². The molecular weight excluding hydrogens is 299 g/mol. The van der Waals surface area contributed by atoms with Gasteiger partial charge in [-0.15, -0.1) is 0 Å². The molecule has 0 aromatic heterocycles. The van der Waals surface area contributed by atoms with Crippen LogP contribution in [-0.2, 0) is 14.4 Å². The monoisotopic (exact) mass is 302 g/mol. The summed E-state index contributed by atoms with van der Waals surface area (Å²) < 4.78 is 34.6. The minimum Gasteiger partial charge on any atom is -0.373 e. The van der Waals surface area contributed by atoms with Gasteiger partial charge in [-0.3, -0.25) is 14.4 Å². The number of aliphatic hydroxyl groups is 1. The van der Waals surface area contributed by atoms with Crippen LogP contribution in [0.25, 0.3) is 0 Å². The summed E-state index contributed by atoms with van der Waals surface area (Å²) in [5.41, 5.74) is -3.44. The van der Waals surface area contributed by atoms with Crippen LogP contribution >= 0.6 is 34.8 Å². The Balaban J connectivity index is 0. The van der Waals surface area contributed by atoms with Gasteiger partial charge in [0.15, 0.2) is 0 Å². The molecule has 1 N–H and O–H groups in total. The molecule has 0 amide bonds. The van der Waals surface area contributed by atoms with E-state index in [1.54, 1.807) is 0 Å². The van der Waals surface area contributed by atoms with Gasteiger partial charge >= 0.3 is 16.7 Å². The van der Waals surface area contributed by atoms with E-state index in [0.717, 1.165) is 0 Å². The van der Waals surface area contributed by atoms with Crippen molar-refractivity contribution in [3.05, 3.63) is 0 Å². The first-order chi connectivity index (χ1) is 6.84. The molecule has 0 saturated carbocycles.